The first-order chi connectivity index (χ1) is 18.6. The number of esters is 1. The molecule has 1 aliphatic heterocycles. The average molecular weight is 534 g/mol. The molecule has 0 aliphatic carbocycles. The number of ether oxygens (including phenoxy) is 1. The zero-order valence-corrected chi connectivity index (χ0v) is 23.0. The molecule has 1 atom stereocenters. The normalized spacial score (nSPS) is 16.0. The lowest BCUT2D eigenvalue weighted by Crippen LogP contribution is -2.46. The van der Waals surface area contributed by atoms with Crippen molar-refractivity contribution in [1.29, 1.82) is 0 Å². The zero-order chi connectivity index (χ0) is 28.0. The van der Waals surface area contributed by atoms with Gasteiger partial charge < -0.3 is 9.64 Å². The van der Waals surface area contributed by atoms with E-state index in [0.717, 1.165) is 16.7 Å². The summed E-state index contributed by atoms with van der Waals surface area (Å²) in [5, 5.41) is 0. The topological polar surface area (TPSA) is 46.6 Å². The minimum absolute atomic E-state index is 0.142. The first-order valence-corrected chi connectivity index (χ1v) is 13.7. The third kappa shape index (κ3) is 7.39. The smallest absolute Gasteiger partial charge is 0.303 e. The number of nitrogens with zero attached hydrogens (tertiary/aromatic N) is 1. The Morgan fingerprint density at radius 1 is 0.923 bits per heavy atom. The molecule has 3 aromatic rings. The van der Waals surface area contributed by atoms with Gasteiger partial charge >= 0.3 is 5.97 Å². The maximum Gasteiger partial charge on any atom is 0.303 e. The molecule has 0 bridgehead atoms. The summed E-state index contributed by atoms with van der Waals surface area (Å²) in [5.74, 6) is -1.25. The van der Waals surface area contributed by atoms with E-state index in [1.165, 1.54) is 36.8 Å². The van der Waals surface area contributed by atoms with Gasteiger partial charge in [0, 0.05) is 50.8 Å². The summed E-state index contributed by atoms with van der Waals surface area (Å²) >= 11 is 0. The minimum atomic E-state index is -0.866. The number of halogens is 2. The SMILES string of the molecule is CC(=O)OC1(c2cc(F)ccc2C)CCN(CCC(C(=O)CCc2ccc(C)cc2)c2ccc(F)cc2)CC1. The van der Waals surface area contributed by atoms with Gasteiger partial charge in [-0.3, -0.25) is 9.59 Å². The van der Waals surface area contributed by atoms with E-state index in [9.17, 15) is 18.4 Å². The lowest BCUT2D eigenvalue weighted by atomic mass is 9.81. The molecule has 0 radical (unpaired) electrons. The van der Waals surface area contributed by atoms with Crippen LogP contribution in [0.1, 0.15) is 66.3 Å². The van der Waals surface area contributed by atoms with Crippen molar-refractivity contribution < 1.29 is 23.1 Å². The van der Waals surface area contributed by atoms with Gasteiger partial charge in [-0.25, -0.2) is 8.78 Å². The summed E-state index contributed by atoms with van der Waals surface area (Å²) in [6, 6.07) is 19.1. The number of hydrogen-bond acceptors (Lipinski definition) is 4. The Bertz CT molecular complexity index is 1280. The number of aryl methyl sites for hydroxylation is 3. The number of carbonyl (C=O) groups is 2. The molecule has 1 saturated heterocycles. The molecule has 1 unspecified atom stereocenters. The molecule has 0 amide bonds. The van der Waals surface area contributed by atoms with Gasteiger partial charge in [0.15, 0.2) is 0 Å². The van der Waals surface area contributed by atoms with E-state index in [4.69, 9.17) is 4.74 Å². The van der Waals surface area contributed by atoms with Crippen LogP contribution in [-0.4, -0.2) is 36.3 Å². The zero-order valence-electron chi connectivity index (χ0n) is 23.0. The van der Waals surface area contributed by atoms with E-state index in [2.05, 4.69) is 29.2 Å². The molecule has 0 saturated carbocycles. The van der Waals surface area contributed by atoms with Crippen molar-refractivity contribution in [3.05, 3.63) is 106 Å². The second-order valence-electron chi connectivity index (χ2n) is 10.7. The number of benzene rings is 3. The van der Waals surface area contributed by atoms with Crippen LogP contribution in [-0.2, 0) is 26.3 Å². The summed E-state index contributed by atoms with van der Waals surface area (Å²) in [6.45, 7) is 7.31. The highest BCUT2D eigenvalue weighted by molar-refractivity contribution is 5.86. The highest BCUT2D eigenvalue weighted by Gasteiger charge is 2.40. The van der Waals surface area contributed by atoms with Gasteiger partial charge in [-0.1, -0.05) is 48.0 Å². The second-order valence-corrected chi connectivity index (χ2v) is 10.7. The third-order valence-electron chi connectivity index (χ3n) is 7.87. The van der Waals surface area contributed by atoms with Gasteiger partial charge in [0.05, 0.1) is 0 Å². The molecule has 4 nitrogen and oxygen atoms in total. The number of likely N-dealkylation sites (tertiary alicyclic amines) is 1. The van der Waals surface area contributed by atoms with Gasteiger partial charge in [-0.15, -0.1) is 0 Å². The predicted octanol–water partition coefficient (Wildman–Crippen LogP) is 6.81. The van der Waals surface area contributed by atoms with Crippen molar-refractivity contribution in [1.82, 2.24) is 4.90 Å². The Kier molecular flexibility index (Phi) is 9.28. The fourth-order valence-corrected chi connectivity index (χ4v) is 5.64. The van der Waals surface area contributed by atoms with Crippen LogP contribution >= 0.6 is 0 Å². The van der Waals surface area contributed by atoms with E-state index < -0.39 is 5.60 Å². The summed E-state index contributed by atoms with van der Waals surface area (Å²) in [7, 11) is 0. The van der Waals surface area contributed by atoms with Crippen LogP contribution in [0.25, 0.3) is 0 Å². The molecular weight excluding hydrogens is 496 g/mol. The van der Waals surface area contributed by atoms with Crippen LogP contribution in [0.4, 0.5) is 8.78 Å². The van der Waals surface area contributed by atoms with Crippen molar-refractivity contribution in [2.45, 2.75) is 64.4 Å². The van der Waals surface area contributed by atoms with Crippen molar-refractivity contribution in [3.63, 3.8) is 0 Å². The Hall–Kier alpha value is -3.38. The van der Waals surface area contributed by atoms with Gasteiger partial charge in [0.2, 0.25) is 0 Å². The maximum atomic E-state index is 14.1. The molecule has 0 aromatic heterocycles. The summed E-state index contributed by atoms with van der Waals surface area (Å²) < 4.78 is 33.6. The largest absolute Gasteiger partial charge is 0.454 e. The standard InChI is InChI=1S/C33H37F2NO3/c1-23-4-7-26(8-5-23)9-15-32(38)30(27-10-13-28(34)14-11-27)16-19-36-20-17-33(18-21-36,39-25(3)37)31-22-29(35)12-6-24(31)2/h4-8,10-14,22,30H,9,15-21H2,1-3H3. The van der Waals surface area contributed by atoms with E-state index in [1.54, 1.807) is 18.2 Å². The van der Waals surface area contributed by atoms with Crippen LogP contribution in [0.15, 0.2) is 66.7 Å². The summed E-state index contributed by atoms with van der Waals surface area (Å²) in [4.78, 5) is 27.7. The van der Waals surface area contributed by atoms with Crippen LogP contribution in [0.2, 0.25) is 0 Å². The Labute approximate surface area is 230 Å². The van der Waals surface area contributed by atoms with E-state index in [1.807, 2.05) is 13.8 Å². The molecule has 6 heteroatoms. The molecule has 3 aromatic carbocycles. The quantitative estimate of drug-likeness (QED) is 0.269. The van der Waals surface area contributed by atoms with E-state index in [-0.39, 0.29) is 29.3 Å². The Balaban J connectivity index is 1.44. The maximum absolute atomic E-state index is 14.1. The van der Waals surface area contributed by atoms with Crippen LogP contribution in [0, 0.1) is 25.5 Å². The number of carbonyl (C=O) groups excluding carboxylic acids is 2. The molecular formula is C33H37F2NO3. The second kappa shape index (κ2) is 12.6. The minimum Gasteiger partial charge on any atom is -0.454 e. The van der Waals surface area contributed by atoms with Crippen LogP contribution in [0.5, 0.6) is 0 Å². The molecule has 4 rings (SSSR count). The average Bonchev–Trinajstić information content (AvgIpc) is 2.91. The van der Waals surface area contributed by atoms with Crippen molar-refractivity contribution in [2.75, 3.05) is 19.6 Å². The lowest BCUT2D eigenvalue weighted by molar-refractivity contribution is -0.164. The third-order valence-corrected chi connectivity index (χ3v) is 7.87. The van der Waals surface area contributed by atoms with Gasteiger partial charge in [0.25, 0.3) is 0 Å². The molecule has 0 N–H and O–H groups in total. The van der Waals surface area contributed by atoms with Crippen LogP contribution < -0.4 is 0 Å². The molecule has 39 heavy (non-hydrogen) atoms. The van der Waals surface area contributed by atoms with Crippen LogP contribution in [0.3, 0.4) is 0 Å². The van der Waals surface area contributed by atoms with Gasteiger partial charge in [-0.2, -0.15) is 0 Å². The Morgan fingerprint density at radius 3 is 2.21 bits per heavy atom. The Morgan fingerprint density at radius 2 is 1.56 bits per heavy atom. The van der Waals surface area contributed by atoms with Gasteiger partial charge in [0.1, 0.15) is 23.0 Å². The predicted molar refractivity (Wildman–Crippen MR) is 149 cm³/mol. The molecule has 206 valence electrons. The molecule has 1 fully saturated rings. The first kappa shape index (κ1) is 28.6. The molecule has 1 heterocycles. The number of hydrogen-bond donors (Lipinski definition) is 0. The first-order valence-electron chi connectivity index (χ1n) is 13.7. The highest BCUT2D eigenvalue weighted by Crippen LogP contribution is 2.39. The number of Topliss-reactive ketones (excluding diaryl/α,β-unsaturated/α-hetero) is 1. The summed E-state index contributed by atoms with van der Waals surface area (Å²) in [6.07, 6.45) is 2.77. The fraction of sp³-hybridized carbons (Fsp3) is 0.394. The summed E-state index contributed by atoms with van der Waals surface area (Å²) in [5.41, 5.74) is 3.87. The van der Waals surface area contributed by atoms with Crippen molar-refractivity contribution in [3.8, 4) is 0 Å². The number of ketones is 1. The van der Waals surface area contributed by atoms with Gasteiger partial charge in [-0.05, 0) is 74.2 Å². The highest BCUT2D eigenvalue weighted by atomic mass is 19.1. The monoisotopic (exact) mass is 533 g/mol. The molecule has 1 aliphatic rings. The van der Waals surface area contributed by atoms with E-state index in [0.29, 0.717) is 57.3 Å². The van der Waals surface area contributed by atoms with E-state index >= 15 is 0 Å². The lowest BCUT2D eigenvalue weighted by Gasteiger charge is -2.42. The van der Waals surface area contributed by atoms with Crippen molar-refractivity contribution >= 4 is 11.8 Å². The fourth-order valence-electron chi connectivity index (χ4n) is 5.64. The number of piperidine rings is 1. The van der Waals surface area contributed by atoms with Crippen molar-refractivity contribution in [2.24, 2.45) is 0 Å². The number of rotatable bonds is 10. The molecule has 0 spiro atoms.